The minimum absolute atomic E-state index is 0.512. The van der Waals surface area contributed by atoms with E-state index >= 15 is 0 Å². The third-order valence-corrected chi connectivity index (χ3v) is 1.83. The third-order valence-electron chi connectivity index (χ3n) is 1.83. The summed E-state index contributed by atoms with van der Waals surface area (Å²) in [6.07, 6.45) is 1.03. The standard InChI is InChI=1S/C10H12N2/c1-3-9-4-6-10(7-5-9)8(2)12-11/h4-7,11H,2-3H2,1H3. The van der Waals surface area contributed by atoms with Gasteiger partial charge in [0.25, 0.3) is 0 Å². The molecule has 0 fully saturated rings. The van der Waals surface area contributed by atoms with E-state index in [2.05, 4.69) is 18.6 Å². The average molecular weight is 160 g/mol. The van der Waals surface area contributed by atoms with Crippen molar-refractivity contribution in [2.24, 2.45) is 5.11 Å². The van der Waals surface area contributed by atoms with Gasteiger partial charge in [-0.15, -0.1) is 0 Å². The van der Waals surface area contributed by atoms with Crippen molar-refractivity contribution in [3.05, 3.63) is 42.0 Å². The second-order valence-electron chi connectivity index (χ2n) is 2.61. The molecular weight excluding hydrogens is 148 g/mol. The van der Waals surface area contributed by atoms with Gasteiger partial charge in [0.05, 0.1) is 5.70 Å². The molecule has 0 spiro atoms. The summed E-state index contributed by atoms with van der Waals surface area (Å²) >= 11 is 0. The van der Waals surface area contributed by atoms with Crippen LogP contribution < -0.4 is 0 Å². The Balaban J connectivity index is 2.91. The molecular formula is C10H12N2. The number of hydrogen-bond donors (Lipinski definition) is 1. The van der Waals surface area contributed by atoms with Gasteiger partial charge in [0.2, 0.25) is 0 Å². The normalized spacial score (nSPS) is 9.42. The van der Waals surface area contributed by atoms with E-state index in [-0.39, 0.29) is 0 Å². The smallest absolute Gasteiger partial charge is 0.0850 e. The Morgan fingerprint density at radius 3 is 2.42 bits per heavy atom. The lowest BCUT2D eigenvalue weighted by Crippen LogP contribution is -1.81. The minimum Gasteiger partial charge on any atom is -0.204 e. The molecule has 12 heavy (non-hydrogen) atoms. The van der Waals surface area contributed by atoms with Crippen LogP contribution in [0, 0.1) is 5.53 Å². The summed E-state index contributed by atoms with van der Waals surface area (Å²) < 4.78 is 0. The lowest BCUT2D eigenvalue weighted by Gasteiger charge is -1.99. The Hall–Kier alpha value is -1.44. The van der Waals surface area contributed by atoms with Crippen LogP contribution >= 0.6 is 0 Å². The number of aryl methyl sites for hydroxylation is 1. The maximum Gasteiger partial charge on any atom is 0.0850 e. The molecule has 0 aliphatic rings. The highest BCUT2D eigenvalue weighted by Gasteiger charge is 1.95. The van der Waals surface area contributed by atoms with Crippen LogP contribution in [-0.4, -0.2) is 0 Å². The number of benzene rings is 1. The molecule has 1 N–H and O–H groups in total. The number of rotatable bonds is 3. The van der Waals surface area contributed by atoms with Crippen LogP contribution in [0.2, 0.25) is 0 Å². The van der Waals surface area contributed by atoms with Gasteiger partial charge >= 0.3 is 0 Å². The van der Waals surface area contributed by atoms with Crippen LogP contribution in [0.15, 0.2) is 36.0 Å². The van der Waals surface area contributed by atoms with Gasteiger partial charge in [-0.2, -0.15) is 5.11 Å². The lowest BCUT2D eigenvalue weighted by atomic mass is 10.1. The van der Waals surface area contributed by atoms with Gasteiger partial charge in [-0.05, 0) is 12.0 Å². The van der Waals surface area contributed by atoms with Crippen molar-refractivity contribution < 1.29 is 0 Å². The first-order valence-corrected chi connectivity index (χ1v) is 3.93. The van der Waals surface area contributed by atoms with Gasteiger partial charge in [0.1, 0.15) is 0 Å². The molecule has 0 saturated carbocycles. The minimum atomic E-state index is 0.512. The summed E-state index contributed by atoms with van der Waals surface area (Å²) in [5.41, 5.74) is 9.49. The largest absolute Gasteiger partial charge is 0.204 e. The Morgan fingerprint density at radius 2 is 2.00 bits per heavy atom. The molecule has 0 heterocycles. The molecule has 1 rings (SSSR count). The van der Waals surface area contributed by atoms with Crippen molar-refractivity contribution in [1.82, 2.24) is 0 Å². The maximum atomic E-state index is 6.77. The summed E-state index contributed by atoms with van der Waals surface area (Å²) in [7, 11) is 0. The molecule has 1 aromatic rings. The highest BCUT2D eigenvalue weighted by molar-refractivity contribution is 5.61. The van der Waals surface area contributed by atoms with Crippen LogP contribution in [0.1, 0.15) is 18.1 Å². The fourth-order valence-electron chi connectivity index (χ4n) is 0.997. The van der Waals surface area contributed by atoms with Crippen molar-refractivity contribution in [3.63, 3.8) is 0 Å². The van der Waals surface area contributed by atoms with E-state index in [1.807, 2.05) is 24.3 Å². The van der Waals surface area contributed by atoms with Gasteiger partial charge in [0.15, 0.2) is 0 Å². The molecule has 2 heteroatoms. The maximum absolute atomic E-state index is 6.77. The molecule has 0 aliphatic heterocycles. The number of nitrogens with one attached hydrogen (secondary N) is 1. The van der Waals surface area contributed by atoms with Crippen molar-refractivity contribution in [1.29, 1.82) is 5.53 Å². The van der Waals surface area contributed by atoms with Crippen molar-refractivity contribution in [2.75, 3.05) is 0 Å². The second kappa shape index (κ2) is 3.81. The molecule has 0 aromatic heterocycles. The molecule has 0 bridgehead atoms. The van der Waals surface area contributed by atoms with Crippen LogP contribution in [0.3, 0.4) is 0 Å². The van der Waals surface area contributed by atoms with Gasteiger partial charge in [-0.25, -0.2) is 5.53 Å². The zero-order valence-corrected chi connectivity index (χ0v) is 7.17. The van der Waals surface area contributed by atoms with E-state index in [0.29, 0.717) is 5.70 Å². The van der Waals surface area contributed by atoms with E-state index in [0.717, 1.165) is 12.0 Å². The summed E-state index contributed by atoms with van der Waals surface area (Å²) in [5.74, 6) is 0. The van der Waals surface area contributed by atoms with Crippen molar-refractivity contribution in [3.8, 4) is 0 Å². The van der Waals surface area contributed by atoms with Crippen LogP contribution in [0.4, 0.5) is 0 Å². The Kier molecular flexibility index (Phi) is 2.75. The molecule has 0 amide bonds. The molecule has 62 valence electrons. The summed E-state index contributed by atoms with van der Waals surface area (Å²) in [4.78, 5) is 0. The van der Waals surface area contributed by atoms with Gasteiger partial charge < -0.3 is 0 Å². The highest BCUT2D eigenvalue weighted by atomic mass is 15.0. The molecule has 0 atom stereocenters. The molecule has 0 aliphatic carbocycles. The summed E-state index contributed by atoms with van der Waals surface area (Å²) in [6, 6.07) is 7.95. The van der Waals surface area contributed by atoms with Gasteiger partial charge in [-0.1, -0.05) is 37.8 Å². The molecule has 2 nitrogen and oxygen atoms in total. The van der Waals surface area contributed by atoms with E-state index in [9.17, 15) is 0 Å². The SMILES string of the molecule is C=C(N=N)c1ccc(CC)cc1. The second-order valence-corrected chi connectivity index (χ2v) is 2.61. The van der Waals surface area contributed by atoms with Gasteiger partial charge in [-0.3, -0.25) is 0 Å². The number of nitrogens with zero attached hydrogens (tertiary/aromatic N) is 1. The zero-order chi connectivity index (χ0) is 8.97. The lowest BCUT2D eigenvalue weighted by molar-refractivity contribution is 1.13. The van der Waals surface area contributed by atoms with E-state index in [4.69, 9.17) is 5.53 Å². The predicted molar refractivity (Wildman–Crippen MR) is 50.0 cm³/mol. The fraction of sp³-hybridized carbons (Fsp3) is 0.200. The van der Waals surface area contributed by atoms with E-state index < -0.39 is 0 Å². The Bertz CT molecular complexity index is 285. The third kappa shape index (κ3) is 1.78. The topological polar surface area (TPSA) is 36.2 Å². The summed E-state index contributed by atoms with van der Waals surface area (Å²) in [6.45, 7) is 5.75. The van der Waals surface area contributed by atoms with Crippen LogP contribution in [-0.2, 0) is 6.42 Å². The average Bonchev–Trinajstić information content (AvgIpc) is 2.17. The number of hydrogen-bond acceptors (Lipinski definition) is 2. The van der Waals surface area contributed by atoms with E-state index in [1.54, 1.807) is 0 Å². The van der Waals surface area contributed by atoms with E-state index in [1.165, 1.54) is 5.56 Å². The Morgan fingerprint density at radius 1 is 1.42 bits per heavy atom. The zero-order valence-electron chi connectivity index (χ0n) is 7.17. The van der Waals surface area contributed by atoms with Crippen molar-refractivity contribution >= 4 is 5.70 Å². The van der Waals surface area contributed by atoms with Crippen LogP contribution in [0.5, 0.6) is 0 Å². The van der Waals surface area contributed by atoms with Crippen molar-refractivity contribution in [2.45, 2.75) is 13.3 Å². The predicted octanol–water partition coefficient (Wildman–Crippen LogP) is 3.25. The molecule has 1 aromatic carbocycles. The Labute approximate surface area is 72.4 Å². The van der Waals surface area contributed by atoms with Crippen LogP contribution in [0.25, 0.3) is 5.70 Å². The first-order valence-electron chi connectivity index (χ1n) is 3.93. The van der Waals surface area contributed by atoms with Gasteiger partial charge in [0, 0.05) is 5.56 Å². The molecule has 0 saturated heterocycles. The molecule has 0 radical (unpaired) electrons. The fourth-order valence-corrected chi connectivity index (χ4v) is 0.997. The summed E-state index contributed by atoms with van der Waals surface area (Å²) in [5, 5.41) is 3.27. The molecule has 0 unspecified atom stereocenters. The highest BCUT2D eigenvalue weighted by Crippen LogP contribution is 2.14. The first-order chi connectivity index (χ1) is 5.77. The first kappa shape index (κ1) is 8.65. The quantitative estimate of drug-likeness (QED) is 0.659. The monoisotopic (exact) mass is 160 g/mol.